The second-order valence-electron chi connectivity index (χ2n) is 2.00. The minimum Gasteiger partial charge on any atom is -0.388 e. The Hall–Kier alpha value is -0.440. The maximum Gasteiger partial charge on any atom is 0.342 e. The number of hydrogen-bond donors (Lipinski definition) is 0. The largest absolute Gasteiger partial charge is 0.388 e. The van der Waals surface area contributed by atoms with Crippen molar-refractivity contribution in [2.24, 2.45) is 0 Å². The van der Waals surface area contributed by atoms with E-state index in [0.717, 1.165) is 18.6 Å². The molecule has 0 aromatic heterocycles. The van der Waals surface area contributed by atoms with E-state index in [1.807, 2.05) is 13.0 Å². The summed E-state index contributed by atoms with van der Waals surface area (Å²) in [5, 5.41) is 0. The van der Waals surface area contributed by atoms with Crippen molar-refractivity contribution in [1.82, 2.24) is 0 Å². The Morgan fingerprint density at radius 2 is 2.27 bits per heavy atom. The summed E-state index contributed by atoms with van der Waals surface area (Å²) in [6, 6.07) is 0. The number of allylic oxidation sites excluding steroid dienone is 1. The Balaban J connectivity index is 3.35. The van der Waals surface area contributed by atoms with Crippen molar-refractivity contribution >= 4 is 18.0 Å². The van der Waals surface area contributed by atoms with Gasteiger partial charge in [0.15, 0.2) is 0 Å². The van der Waals surface area contributed by atoms with E-state index >= 15 is 0 Å². The highest BCUT2D eigenvalue weighted by Crippen LogP contribution is 2.01. The molecule has 0 radical (unpaired) electrons. The maximum absolute atomic E-state index is 10.7. The summed E-state index contributed by atoms with van der Waals surface area (Å²) in [5.74, 6) is 0.540. The molecule has 0 aromatic carbocycles. The molecular weight excluding hydrogens is 160 g/mol. The predicted octanol–water partition coefficient (Wildman–Crippen LogP) is 2.55. The molecule has 0 atom stereocenters. The maximum atomic E-state index is 10.7. The molecule has 0 N–H and O–H groups in total. The summed E-state index contributed by atoms with van der Waals surface area (Å²) >= 11 is 1.17. The molecule has 0 spiro atoms. The lowest BCUT2D eigenvalue weighted by Crippen LogP contribution is -1.92. The van der Waals surface area contributed by atoms with Crippen LogP contribution in [0.4, 0.5) is 0 Å². The first kappa shape index (κ1) is 10.6. The van der Waals surface area contributed by atoms with Gasteiger partial charge in [0, 0.05) is 11.8 Å². The van der Waals surface area contributed by atoms with E-state index in [-0.39, 0.29) is 5.97 Å². The summed E-state index contributed by atoms with van der Waals surface area (Å²) in [5.41, 5.74) is 0. The molecule has 0 heterocycles. The van der Waals surface area contributed by atoms with Crippen LogP contribution in [0.1, 0.15) is 26.7 Å². The fraction of sp³-hybridized carbons (Fsp3) is 0.625. The average molecular weight is 174 g/mol. The van der Waals surface area contributed by atoms with E-state index in [4.69, 9.17) is 4.18 Å². The van der Waals surface area contributed by atoms with Gasteiger partial charge in [-0.2, -0.15) is 0 Å². The van der Waals surface area contributed by atoms with Crippen LogP contribution in [0.2, 0.25) is 0 Å². The molecule has 0 saturated heterocycles. The standard InChI is InChI=1S/C8H14O2S/c1-3-5-6-7-8(9)10-11-4-2/h6-7H,3-5H2,1-2H3. The van der Waals surface area contributed by atoms with Crippen molar-refractivity contribution in [3.63, 3.8) is 0 Å². The van der Waals surface area contributed by atoms with Crippen molar-refractivity contribution in [2.45, 2.75) is 26.7 Å². The lowest BCUT2D eigenvalue weighted by Gasteiger charge is -1.93. The number of carbonyl (C=O) groups excluding carboxylic acids is 1. The van der Waals surface area contributed by atoms with Crippen LogP contribution in [0.3, 0.4) is 0 Å². The van der Waals surface area contributed by atoms with Gasteiger partial charge in [0.2, 0.25) is 0 Å². The molecule has 11 heavy (non-hydrogen) atoms. The molecule has 0 saturated carbocycles. The monoisotopic (exact) mass is 174 g/mol. The fourth-order valence-electron chi connectivity index (χ4n) is 0.491. The van der Waals surface area contributed by atoms with Crippen molar-refractivity contribution in [3.05, 3.63) is 12.2 Å². The van der Waals surface area contributed by atoms with E-state index in [0.29, 0.717) is 0 Å². The predicted molar refractivity (Wildman–Crippen MR) is 48.3 cm³/mol. The van der Waals surface area contributed by atoms with E-state index in [1.165, 1.54) is 18.1 Å². The molecule has 2 nitrogen and oxygen atoms in total. The number of carbonyl (C=O) groups is 1. The lowest BCUT2D eigenvalue weighted by molar-refractivity contribution is -0.127. The molecule has 0 aromatic rings. The Kier molecular flexibility index (Phi) is 7.36. The van der Waals surface area contributed by atoms with Gasteiger partial charge in [0.1, 0.15) is 0 Å². The van der Waals surface area contributed by atoms with Gasteiger partial charge in [0.05, 0.1) is 12.0 Å². The fourth-order valence-corrected chi connectivity index (χ4v) is 0.781. The van der Waals surface area contributed by atoms with Crippen LogP contribution in [0.25, 0.3) is 0 Å². The molecule has 0 rings (SSSR count). The van der Waals surface area contributed by atoms with E-state index in [9.17, 15) is 4.79 Å². The van der Waals surface area contributed by atoms with Crippen LogP contribution in [0.15, 0.2) is 12.2 Å². The Bertz CT molecular complexity index is 132. The van der Waals surface area contributed by atoms with E-state index in [2.05, 4.69) is 6.92 Å². The van der Waals surface area contributed by atoms with Crippen molar-refractivity contribution in [2.75, 3.05) is 5.75 Å². The normalized spacial score (nSPS) is 10.4. The number of rotatable bonds is 5. The smallest absolute Gasteiger partial charge is 0.342 e. The van der Waals surface area contributed by atoms with Gasteiger partial charge in [0.25, 0.3) is 0 Å². The van der Waals surface area contributed by atoms with Crippen LogP contribution in [-0.4, -0.2) is 11.7 Å². The third-order valence-corrected chi connectivity index (χ3v) is 1.49. The summed E-state index contributed by atoms with van der Waals surface area (Å²) in [7, 11) is 0. The first-order chi connectivity index (χ1) is 5.31. The SMILES string of the molecule is CCCC=CC(=O)OSCC. The Morgan fingerprint density at radius 3 is 2.82 bits per heavy atom. The Labute approximate surface area is 72.2 Å². The van der Waals surface area contributed by atoms with Crippen molar-refractivity contribution in [3.8, 4) is 0 Å². The molecular formula is C8H14O2S. The second kappa shape index (κ2) is 7.66. The summed E-state index contributed by atoms with van der Waals surface area (Å²) < 4.78 is 4.73. The van der Waals surface area contributed by atoms with Crippen LogP contribution >= 0.6 is 12.0 Å². The summed E-state index contributed by atoms with van der Waals surface area (Å²) in [6.07, 6.45) is 5.31. The van der Waals surface area contributed by atoms with E-state index < -0.39 is 0 Å². The van der Waals surface area contributed by atoms with Crippen LogP contribution in [0.5, 0.6) is 0 Å². The zero-order valence-electron chi connectivity index (χ0n) is 7.00. The second-order valence-corrected chi connectivity index (χ2v) is 2.98. The Morgan fingerprint density at radius 1 is 1.55 bits per heavy atom. The molecule has 0 bridgehead atoms. The summed E-state index contributed by atoms with van der Waals surface area (Å²) in [6.45, 7) is 4.00. The molecule has 0 unspecified atom stereocenters. The third kappa shape index (κ3) is 7.46. The lowest BCUT2D eigenvalue weighted by atomic mass is 10.3. The van der Waals surface area contributed by atoms with Gasteiger partial charge < -0.3 is 4.18 Å². The van der Waals surface area contributed by atoms with Crippen LogP contribution < -0.4 is 0 Å². The summed E-state index contributed by atoms with van der Waals surface area (Å²) in [4.78, 5) is 10.7. The van der Waals surface area contributed by atoms with Gasteiger partial charge in [-0.3, -0.25) is 0 Å². The molecule has 0 fully saturated rings. The first-order valence-corrected chi connectivity index (χ1v) is 4.72. The molecule has 3 heteroatoms. The van der Waals surface area contributed by atoms with Crippen molar-refractivity contribution in [1.29, 1.82) is 0 Å². The molecule has 64 valence electrons. The third-order valence-electron chi connectivity index (χ3n) is 0.968. The van der Waals surface area contributed by atoms with Gasteiger partial charge in [-0.15, -0.1) is 0 Å². The highest BCUT2D eigenvalue weighted by Gasteiger charge is 1.93. The quantitative estimate of drug-likeness (QED) is 0.473. The molecule has 0 aliphatic heterocycles. The van der Waals surface area contributed by atoms with Crippen molar-refractivity contribution < 1.29 is 8.98 Å². The average Bonchev–Trinajstić information content (AvgIpc) is 2.01. The highest BCUT2D eigenvalue weighted by atomic mass is 32.2. The zero-order valence-corrected chi connectivity index (χ0v) is 7.82. The zero-order chi connectivity index (χ0) is 8.53. The van der Waals surface area contributed by atoms with Crippen LogP contribution in [-0.2, 0) is 8.98 Å². The number of hydrogen-bond acceptors (Lipinski definition) is 3. The minimum atomic E-state index is -0.259. The molecule has 0 aliphatic rings. The first-order valence-electron chi connectivity index (χ1n) is 3.81. The number of unbranched alkanes of at least 4 members (excludes halogenated alkanes) is 1. The highest BCUT2D eigenvalue weighted by molar-refractivity contribution is 7.95. The van der Waals surface area contributed by atoms with Gasteiger partial charge in [-0.1, -0.05) is 26.3 Å². The van der Waals surface area contributed by atoms with Gasteiger partial charge >= 0.3 is 5.97 Å². The molecule has 0 amide bonds. The van der Waals surface area contributed by atoms with Gasteiger partial charge in [-0.25, -0.2) is 4.79 Å². The molecule has 0 aliphatic carbocycles. The van der Waals surface area contributed by atoms with Gasteiger partial charge in [-0.05, 0) is 6.42 Å². The minimum absolute atomic E-state index is 0.259. The topological polar surface area (TPSA) is 26.3 Å². The van der Waals surface area contributed by atoms with Crippen LogP contribution in [0, 0.1) is 0 Å². The van der Waals surface area contributed by atoms with E-state index in [1.54, 1.807) is 0 Å².